The number of nitrogens with two attached hydrogens (primary N) is 1. The molecule has 0 aliphatic carbocycles. The van der Waals surface area contributed by atoms with Gasteiger partial charge in [0.2, 0.25) is 0 Å². The second kappa shape index (κ2) is 6.56. The summed E-state index contributed by atoms with van der Waals surface area (Å²) in [5.41, 5.74) is 7.78. The van der Waals surface area contributed by atoms with Gasteiger partial charge < -0.3 is 5.73 Å². The Hall–Kier alpha value is -1.90. The number of aliphatic imine (C=N–C) groups is 1. The summed E-state index contributed by atoms with van der Waals surface area (Å²) in [4.78, 5) is 8.22. The molecule has 3 nitrogen and oxygen atoms in total. The van der Waals surface area contributed by atoms with Gasteiger partial charge in [-0.05, 0) is 29.7 Å². The van der Waals surface area contributed by atoms with E-state index in [1.807, 2.05) is 12.3 Å². The van der Waals surface area contributed by atoms with E-state index in [1.54, 1.807) is 24.6 Å². The quantitative estimate of drug-likeness (QED) is 0.767. The Morgan fingerprint density at radius 3 is 2.94 bits per heavy atom. The van der Waals surface area contributed by atoms with Crippen LogP contribution < -0.4 is 5.73 Å². The van der Waals surface area contributed by atoms with E-state index in [4.69, 9.17) is 5.73 Å². The van der Waals surface area contributed by atoms with Crippen LogP contribution >= 0.6 is 0 Å². The molecular formula is C13H17N3. The molecule has 0 radical (unpaired) electrons. The summed E-state index contributed by atoms with van der Waals surface area (Å²) in [7, 11) is 0. The van der Waals surface area contributed by atoms with Crippen LogP contribution in [0, 0.1) is 0 Å². The predicted octanol–water partition coefficient (Wildman–Crippen LogP) is 3.06. The summed E-state index contributed by atoms with van der Waals surface area (Å²) < 4.78 is 0. The zero-order valence-corrected chi connectivity index (χ0v) is 9.56. The fraction of sp³-hybridized carbons (Fsp3) is 0.231. The number of nitrogen functional groups attached to an aromatic ring is 1. The van der Waals surface area contributed by atoms with E-state index in [2.05, 4.69) is 23.5 Å². The molecule has 16 heavy (non-hydrogen) atoms. The maximum atomic E-state index is 5.55. The minimum absolute atomic E-state index is 0.536. The minimum Gasteiger partial charge on any atom is -0.384 e. The third kappa shape index (κ3) is 3.69. The molecule has 84 valence electrons. The van der Waals surface area contributed by atoms with Crippen molar-refractivity contribution in [3.63, 3.8) is 0 Å². The third-order valence-electron chi connectivity index (χ3n) is 2.10. The van der Waals surface area contributed by atoms with E-state index in [1.165, 1.54) is 0 Å². The largest absolute Gasteiger partial charge is 0.384 e. The van der Waals surface area contributed by atoms with E-state index in [-0.39, 0.29) is 0 Å². The van der Waals surface area contributed by atoms with E-state index < -0.39 is 0 Å². The van der Waals surface area contributed by atoms with E-state index >= 15 is 0 Å². The van der Waals surface area contributed by atoms with Crippen molar-refractivity contribution in [1.29, 1.82) is 0 Å². The molecule has 1 aromatic heterocycles. The Kier molecular flexibility index (Phi) is 4.99. The molecule has 0 aromatic carbocycles. The van der Waals surface area contributed by atoms with Crippen molar-refractivity contribution in [3.8, 4) is 0 Å². The third-order valence-corrected chi connectivity index (χ3v) is 2.10. The van der Waals surface area contributed by atoms with Crippen molar-refractivity contribution >= 4 is 17.6 Å². The smallest absolute Gasteiger partial charge is 0.123 e. The van der Waals surface area contributed by atoms with Crippen molar-refractivity contribution < 1.29 is 0 Å². The second-order valence-electron chi connectivity index (χ2n) is 3.41. The Morgan fingerprint density at radius 1 is 1.56 bits per heavy atom. The lowest BCUT2D eigenvalue weighted by molar-refractivity contribution is 0.970. The Labute approximate surface area is 96.4 Å². The van der Waals surface area contributed by atoms with Gasteiger partial charge >= 0.3 is 0 Å². The lowest BCUT2D eigenvalue weighted by Crippen LogP contribution is -1.91. The molecule has 0 atom stereocenters. The number of rotatable bonds is 5. The van der Waals surface area contributed by atoms with Gasteiger partial charge in [0.25, 0.3) is 0 Å². The average molecular weight is 215 g/mol. The van der Waals surface area contributed by atoms with Crippen LogP contribution in [-0.2, 0) is 0 Å². The highest BCUT2D eigenvalue weighted by atomic mass is 14.8. The molecule has 1 heterocycles. The Bertz CT molecular complexity index is 388. The van der Waals surface area contributed by atoms with Crippen LogP contribution in [0.25, 0.3) is 5.57 Å². The van der Waals surface area contributed by atoms with Crippen molar-refractivity contribution in [1.82, 2.24) is 4.98 Å². The fourth-order valence-electron chi connectivity index (χ4n) is 1.34. The Balaban J connectivity index is 2.92. The number of hydrogen-bond donors (Lipinski definition) is 1. The van der Waals surface area contributed by atoms with Gasteiger partial charge in [-0.3, -0.25) is 4.99 Å². The summed E-state index contributed by atoms with van der Waals surface area (Å²) in [5.74, 6) is 0.536. The summed E-state index contributed by atoms with van der Waals surface area (Å²) in [6.45, 7) is 5.72. The molecule has 3 heteroatoms. The monoisotopic (exact) mass is 215 g/mol. The highest BCUT2D eigenvalue weighted by Crippen LogP contribution is 2.19. The van der Waals surface area contributed by atoms with Crippen LogP contribution in [0.5, 0.6) is 0 Å². The molecule has 1 rings (SSSR count). The first-order chi connectivity index (χ1) is 7.77. The second-order valence-corrected chi connectivity index (χ2v) is 3.41. The number of pyridine rings is 1. The number of nitrogens with zero attached hydrogens (tertiary/aromatic N) is 2. The van der Waals surface area contributed by atoms with Gasteiger partial charge in [-0.1, -0.05) is 26.0 Å². The van der Waals surface area contributed by atoms with Gasteiger partial charge in [0.15, 0.2) is 0 Å². The topological polar surface area (TPSA) is 51.3 Å². The molecule has 0 spiro atoms. The van der Waals surface area contributed by atoms with Crippen molar-refractivity contribution in [2.75, 3.05) is 5.73 Å². The van der Waals surface area contributed by atoms with E-state index in [0.717, 1.165) is 24.0 Å². The maximum Gasteiger partial charge on any atom is 0.123 e. The van der Waals surface area contributed by atoms with Crippen LogP contribution in [0.2, 0.25) is 0 Å². The van der Waals surface area contributed by atoms with Gasteiger partial charge in [0, 0.05) is 18.6 Å². The van der Waals surface area contributed by atoms with Crippen molar-refractivity contribution in [2.24, 2.45) is 4.99 Å². The number of allylic oxidation sites excluding steroid dienone is 2. The molecule has 0 amide bonds. The summed E-state index contributed by atoms with van der Waals surface area (Å²) in [6.07, 6.45) is 8.99. The van der Waals surface area contributed by atoms with Gasteiger partial charge in [0.1, 0.15) is 5.82 Å². The van der Waals surface area contributed by atoms with Crippen LogP contribution in [0.15, 0.2) is 42.2 Å². The summed E-state index contributed by atoms with van der Waals surface area (Å²) in [6, 6.07) is 3.77. The van der Waals surface area contributed by atoms with Crippen molar-refractivity contribution in [3.05, 3.63) is 42.7 Å². The van der Waals surface area contributed by atoms with Gasteiger partial charge in [-0.2, -0.15) is 0 Å². The molecule has 2 N–H and O–H groups in total. The predicted molar refractivity (Wildman–Crippen MR) is 70.2 cm³/mol. The highest BCUT2D eigenvalue weighted by Gasteiger charge is 2.00. The van der Waals surface area contributed by atoms with Crippen molar-refractivity contribution in [2.45, 2.75) is 19.8 Å². The number of aromatic nitrogens is 1. The molecule has 1 aromatic rings. The molecule has 0 aliphatic heterocycles. The molecule has 0 aliphatic rings. The molecule has 0 bridgehead atoms. The van der Waals surface area contributed by atoms with E-state index in [9.17, 15) is 0 Å². The normalized spacial score (nSPS) is 11.9. The number of anilines is 1. The lowest BCUT2D eigenvalue weighted by Gasteiger charge is -2.04. The molecular weight excluding hydrogens is 198 g/mol. The average Bonchev–Trinajstić information content (AvgIpc) is 2.29. The molecule has 0 saturated heterocycles. The first-order valence-electron chi connectivity index (χ1n) is 5.33. The molecule has 0 fully saturated rings. The standard InChI is InChI=1S/C13H17N3/c1-3-5-11(9-15-8-4-2)12-6-7-13(14)16-10-12/h4,6-10H,2-3,5H2,1H3,(H2,14,16)/b11-9+,15-8?. The zero-order chi connectivity index (χ0) is 11.8. The molecule has 0 unspecified atom stereocenters. The fourth-order valence-corrected chi connectivity index (χ4v) is 1.34. The van der Waals surface area contributed by atoms with Crippen LogP contribution in [-0.4, -0.2) is 11.2 Å². The van der Waals surface area contributed by atoms with Gasteiger partial charge in [-0.15, -0.1) is 0 Å². The maximum absolute atomic E-state index is 5.55. The summed E-state index contributed by atoms with van der Waals surface area (Å²) >= 11 is 0. The van der Waals surface area contributed by atoms with Crippen LogP contribution in [0.1, 0.15) is 25.3 Å². The lowest BCUT2D eigenvalue weighted by atomic mass is 10.0. The number of hydrogen-bond acceptors (Lipinski definition) is 3. The van der Waals surface area contributed by atoms with Crippen LogP contribution in [0.4, 0.5) is 5.82 Å². The van der Waals surface area contributed by atoms with E-state index in [0.29, 0.717) is 5.82 Å². The minimum atomic E-state index is 0.536. The Morgan fingerprint density at radius 2 is 2.38 bits per heavy atom. The zero-order valence-electron chi connectivity index (χ0n) is 9.56. The van der Waals surface area contributed by atoms with Gasteiger partial charge in [0.05, 0.1) is 0 Å². The first kappa shape index (κ1) is 12.2. The van der Waals surface area contributed by atoms with Crippen LogP contribution in [0.3, 0.4) is 0 Å². The first-order valence-corrected chi connectivity index (χ1v) is 5.33. The highest BCUT2D eigenvalue weighted by molar-refractivity contribution is 5.73. The molecule has 0 saturated carbocycles. The summed E-state index contributed by atoms with van der Waals surface area (Å²) in [5, 5.41) is 0. The van der Waals surface area contributed by atoms with Gasteiger partial charge in [-0.25, -0.2) is 4.98 Å². The SMILES string of the molecule is C=CC=N/C=C(\CCC)c1ccc(N)nc1.